The van der Waals surface area contributed by atoms with Crippen LogP contribution in [0, 0.1) is 47.3 Å². The second-order valence-electron chi connectivity index (χ2n) is 13.9. The molecular formula is C27H40N2O. The fourth-order valence-corrected chi connectivity index (χ4v) is 11.7. The molecule has 8 aliphatic carbocycles. The van der Waals surface area contributed by atoms with Gasteiger partial charge in [0.05, 0.1) is 0 Å². The molecule has 2 heterocycles. The highest BCUT2D eigenvalue weighted by atomic mass is 16.1. The number of hydrogen-bond donors (Lipinski definition) is 0. The Balaban J connectivity index is 1.05. The van der Waals surface area contributed by atoms with Gasteiger partial charge in [0.25, 0.3) is 0 Å². The summed E-state index contributed by atoms with van der Waals surface area (Å²) in [6.45, 7) is 4.41. The maximum absolute atomic E-state index is 13.3. The molecule has 10 rings (SSSR count). The first-order chi connectivity index (χ1) is 14.6. The first kappa shape index (κ1) is 18.1. The Bertz CT molecular complexity index is 628. The van der Waals surface area contributed by atoms with Gasteiger partial charge in [-0.25, -0.2) is 0 Å². The van der Waals surface area contributed by atoms with Crippen LogP contribution < -0.4 is 0 Å². The van der Waals surface area contributed by atoms with Crippen LogP contribution in [0.25, 0.3) is 0 Å². The lowest BCUT2D eigenvalue weighted by Crippen LogP contribution is -2.70. The van der Waals surface area contributed by atoms with Gasteiger partial charge < -0.3 is 0 Å². The van der Waals surface area contributed by atoms with E-state index in [0.717, 1.165) is 61.7 Å². The topological polar surface area (TPSA) is 23.6 Å². The van der Waals surface area contributed by atoms with Crippen LogP contribution in [-0.2, 0) is 4.79 Å². The normalized spacial score (nSPS) is 59.3. The smallest absolute Gasteiger partial charge is 0.144 e. The highest BCUT2D eigenvalue weighted by Crippen LogP contribution is 2.60. The van der Waals surface area contributed by atoms with Crippen molar-refractivity contribution >= 4 is 5.78 Å². The van der Waals surface area contributed by atoms with Crippen LogP contribution in [0.4, 0.5) is 0 Å². The van der Waals surface area contributed by atoms with Gasteiger partial charge in [0.2, 0.25) is 0 Å². The van der Waals surface area contributed by atoms with Gasteiger partial charge in [-0.15, -0.1) is 0 Å². The Labute approximate surface area is 182 Å². The van der Waals surface area contributed by atoms with E-state index >= 15 is 0 Å². The van der Waals surface area contributed by atoms with Gasteiger partial charge in [-0.05, 0) is 113 Å². The van der Waals surface area contributed by atoms with Crippen molar-refractivity contribution in [3.8, 4) is 0 Å². The molecule has 164 valence electrons. The summed E-state index contributed by atoms with van der Waals surface area (Å²) in [6, 6.07) is 0. The average Bonchev–Trinajstić information content (AvgIpc) is 2.65. The Hall–Kier alpha value is -0.410. The molecule has 0 aromatic heterocycles. The average molecular weight is 409 g/mol. The summed E-state index contributed by atoms with van der Waals surface area (Å²) in [5.74, 6) is 7.35. The van der Waals surface area contributed by atoms with Gasteiger partial charge in [0.15, 0.2) is 0 Å². The third-order valence-electron chi connectivity index (χ3n) is 11.9. The van der Waals surface area contributed by atoms with Crippen molar-refractivity contribution in [1.82, 2.24) is 9.80 Å². The maximum Gasteiger partial charge on any atom is 0.144 e. The molecule has 0 atom stereocenters. The molecule has 10 bridgehead atoms. The molecule has 0 spiro atoms. The zero-order valence-electron chi connectivity index (χ0n) is 18.7. The second kappa shape index (κ2) is 5.93. The van der Waals surface area contributed by atoms with Gasteiger partial charge in [-0.3, -0.25) is 14.6 Å². The zero-order chi connectivity index (χ0) is 19.7. The number of ketones is 1. The molecule has 3 nitrogen and oxygen atoms in total. The van der Waals surface area contributed by atoms with Gasteiger partial charge in [-0.1, -0.05) is 0 Å². The van der Waals surface area contributed by atoms with Crippen molar-refractivity contribution in [1.29, 1.82) is 0 Å². The van der Waals surface area contributed by atoms with Gasteiger partial charge >= 0.3 is 0 Å². The quantitative estimate of drug-likeness (QED) is 0.678. The molecule has 0 unspecified atom stereocenters. The Morgan fingerprint density at radius 2 is 0.767 bits per heavy atom. The molecule has 0 amide bonds. The molecule has 0 aromatic rings. The van der Waals surface area contributed by atoms with Gasteiger partial charge in [-0.2, -0.15) is 0 Å². The largest absolute Gasteiger partial charge is 0.299 e. The molecular weight excluding hydrogens is 368 g/mol. The molecule has 3 heteroatoms. The van der Waals surface area contributed by atoms with E-state index in [9.17, 15) is 4.79 Å². The van der Waals surface area contributed by atoms with E-state index in [1.54, 1.807) is 0 Å². The predicted octanol–water partition coefficient (Wildman–Crippen LogP) is 4.36. The highest BCUT2D eigenvalue weighted by Gasteiger charge is 2.59. The van der Waals surface area contributed by atoms with Gasteiger partial charge in [0, 0.05) is 49.1 Å². The molecule has 0 radical (unpaired) electrons. The number of likely N-dealkylation sites (tertiary alicyclic amines) is 2. The monoisotopic (exact) mass is 408 g/mol. The van der Waals surface area contributed by atoms with Crippen molar-refractivity contribution in [2.75, 3.05) is 26.2 Å². The summed E-state index contributed by atoms with van der Waals surface area (Å²) in [4.78, 5) is 19.1. The number of carbonyl (C=O) groups excluding carboxylic acids is 1. The van der Waals surface area contributed by atoms with E-state index in [1.165, 1.54) is 77.0 Å². The first-order valence-corrected chi connectivity index (χ1v) is 13.6. The minimum absolute atomic E-state index is 0.318. The van der Waals surface area contributed by atoms with Gasteiger partial charge in [0.1, 0.15) is 5.78 Å². The van der Waals surface area contributed by atoms with Crippen molar-refractivity contribution in [3.05, 3.63) is 0 Å². The predicted molar refractivity (Wildman–Crippen MR) is 117 cm³/mol. The standard InChI is InChI=1S/C27H40N2O/c30-25-23-13-28(26-7-17-1-18(8-26)3-19(2-17)9-26)14-24(25)16-29(15-23)27-10-20-4-21(11-27)6-22(5-20)12-27/h17-24H,1-16H2. The number of rotatable bonds is 2. The third kappa shape index (κ3) is 2.43. The highest BCUT2D eigenvalue weighted by molar-refractivity contribution is 5.86. The number of hydrogen-bond acceptors (Lipinski definition) is 3. The number of carbonyl (C=O) groups is 1. The van der Waals surface area contributed by atoms with E-state index in [2.05, 4.69) is 9.80 Å². The minimum atomic E-state index is 0.318. The van der Waals surface area contributed by atoms with Crippen LogP contribution in [-0.4, -0.2) is 52.8 Å². The summed E-state index contributed by atoms with van der Waals surface area (Å²) < 4.78 is 0. The maximum atomic E-state index is 13.3. The second-order valence-corrected chi connectivity index (χ2v) is 13.9. The number of Topliss-reactive ketones (excluding diaryl/α,β-unsaturated/α-hetero) is 1. The molecule has 0 aromatic carbocycles. The first-order valence-electron chi connectivity index (χ1n) is 13.6. The van der Waals surface area contributed by atoms with Crippen LogP contribution in [0.15, 0.2) is 0 Å². The van der Waals surface area contributed by atoms with Crippen LogP contribution >= 0.6 is 0 Å². The Morgan fingerprint density at radius 3 is 1.03 bits per heavy atom. The van der Waals surface area contributed by atoms with Crippen molar-refractivity contribution in [2.45, 2.75) is 88.1 Å². The molecule has 2 saturated heterocycles. The minimum Gasteiger partial charge on any atom is -0.299 e. The molecule has 2 aliphatic heterocycles. The van der Waals surface area contributed by atoms with E-state index < -0.39 is 0 Å². The lowest BCUT2D eigenvalue weighted by atomic mass is 9.51. The van der Waals surface area contributed by atoms with Crippen LogP contribution in [0.1, 0.15) is 77.0 Å². The number of fused-ring (bicyclic) bond motifs is 2. The Morgan fingerprint density at radius 1 is 0.500 bits per heavy atom. The molecule has 30 heavy (non-hydrogen) atoms. The summed E-state index contributed by atoms with van der Waals surface area (Å²) in [7, 11) is 0. The number of piperidine rings is 2. The number of nitrogens with zero attached hydrogens (tertiary/aromatic N) is 2. The summed E-state index contributed by atoms with van der Waals surface area (Å²) >= 11 is 0. The van der Waals surface area contributed by atoms with Crippen molar-refractivity contribution < 1.29 is 4.79 Å². The summed E-state index contributed by atoms with van der Waals surface area (Å²) in [5, 5.41) is 0. The lowest BCUT2D eigenvalue weighted by molar-refractivity contribution is -0.164. The van der Waals surface area contributed by atoms with Crippen molar-refractivity contribution in [2.24, 2.45) is 47.3 Å². The Kier molecular flexibility index (Phi) is 3.57. The van der Waals surface area contributed by atoms with E-state index in [-0.39, 0.29) is 0 Å². The zero-order valence-corrected chi connectivity index (χ0v) is 18.7. The molecule has 10 fully saturated rings. The van der Waals surface area contributed by atoms with Crippen molar-refractivity contribution in [3.63, 3.8) is 0 Å². The van der Waals surface area contributed by atoms with Crippen LogP contribution in [0.5, 0.6) is 0 Å². The third-order valence-corrected chi connectivity index (χ3v) is 11.9. The summed E-state index contributed by atoms with van der Waals surface area (Å²) in [5.41, 5.74) is 0.990. The molecule has 8 saturated carbocycles. The molecule has 0 N–H and O–H groups in total. The SMILES string of the molecule is O=C1C2CN(C34CC5CC(CC(C5)C3)C4)CC1CN(C13CC4CC(CC(C4)C1)C3)C2. The van der Waals surface area contributed by atoms with E-state index in [4.69, 9.17) is 0 Å². The van der Waals surface area contributed by atoms with Crippen LogP contribution in [0.2, 0.25) is 0 Å². The van der Waals surface area contributed by atoms with Crippen LogP contribution in [0.3, 0.4) is 0 Å². The fourth-order valence-electron chi connectivity index (χ4n) is 11.7. The van der Waals surface area contributed by atoms with E-state index in [0.29, 0.717) is 28.7 Å². The fraction of sp³-hybridized carbons (Fsp3) is 0.963. The van der Waals surface area contributed by atoms with E-state index in [1.807, 2.05) is 0 Å². The summed E-state index contributed by atoms with van der Waals surface area (Å²) in [6.07, 6.45) is 17.9. The lowest BCUT2D eigenvalue weighted by Gasteiger charge is -2.65. The molecule has 10 aliphatic rings.